The fraction of sp³-hybridized carbons (Fsp3) is 0.688. The lowest BCUT2D eigenvalue weighted by molar-refractivity contribution is -0.156. The van der Waals surface area contributed by atoms with Crippen molar-refractivity contribution >= 4 is 11.9 Å². The van der Waals surface area contributed by atoms with Gasteiger partial charge in [0.2, 0.25) is 5.91 Å². The minimum Gasteiger partial charge on any atom is -0.468 e. The highest BCUT2D eigenvalue weighted by Gasteiger charge is 2.59. The number of hydrogen-bond acceptors (Lipinski definition) is 5. The zero-order valence-corrected chi connectivity index (χ0v) is 13.6. The van der Waals surface area contributed by atoms with Crippen molar-refractivity contribution in [2.45, 2.75) is 52.0 Å². The molecule has 0 unspecified atom stereocenters. The van der Waals surface area contributed by atoms with Crippen LogP contribution < -0.4 is 0 Å². The zero-order chi connectivity index (χ0) is 16.1. The molecule has 1 aliphatic heterocycles. The second kappa shape index (κ2) is 4.83. The Morgan fingerprint density at radius 1 is 1.32 bits per heavy atom. The van der Waals surface area contributed by atoms with E-state index in [-0.39, 0.29) is 11.3 Å². The van der Waals surface area contributed by atoms with Gasteiger partial charge in [-0.1, -0.05) is 20.8 Å². The molecule has 1 aromatic rings. The molecule has 1 aliphatic carbocycles. The summed E-state index contributed by atoms with van der Waals surface area (Å²) in [6.45, 7) is 7.10. The van der Waals surface area contributed by atoms with Gasteiger partial charge in [-0.2, -0.15) is 0 Å². The molecule has 120 valence electrons. The topological polar surface area (TPSA) is 72.6 Å². The Morgan fingerprint density at radius 2 is 2.00 bits per heavy atom. The lowest BCUT2D eigenvalue weighted by Crippen LogP contribution is -2.43. The molecule has 2 aliphatic rings. The summed E-state index contributed by atoms with van der Waals surface area (Å²) < 4.78 is 10.6. The lowest BCUT2D eigenvalue weighted by Gasteiger charge is -2.28. The Morgan fingerprint density at radius 3 is 2.55 bits per heavy atom. The van der Waals surface area contributed by atoms with Gasteiger partial charge in [-0.15, -0.1) is 0 Å². The summed E-state index contributed by atoms with van der Waals surface area (Å²) in [4.78, 5) is 30.8. The maximum atomic E-state index is 12.7. The third-order valence-electron chi connectivity index (χ3n) is 4.39. The number of ether oxygens (including phenoxy) is 1. The quantitative estimate of drug-likeness (QED) is 0.615. The SMILES string of the molecule is COC(=O)C1(C(=O)N2CCc3oc(C(C)(C)C)nc3C2)CC1. The molecule has 1 aromatic heterocycles. The van der Waals surface area contributed by atoms with Gasteiger partial charge in [0.1, 0.15) is 16.9 Å². The van der Waals surface area contributed by atoms with Crippen LogP contribution in [0.15, 0.2) is 4.42 Å². The van der Waals surface area contributed by atoms with E-state index in [4.69, 9.17) is 9.15 Å². The van der Waals surface area contributed by atoms with Crippen LogP contribution in [0.3, 0.4) is 0 Å². The number of fused-ring (bicyclic) bond motifs is 1. The molecule has 1 fully saturated rings. The highest BCUT2D eigenvalue weighted by atomic mass is 16.5. The first-order chi connectivity index (χ1) is 10.3. The number of hydrogen-bond donors (Lipinski definition) is 0. The van der Waals surface area contributed by atoms with Gasteiger partial charge in [0.05, 0.1) is 13.7 Å². The van der Waals surface area contributed by atoms with Crippen LogP contribution in [0.25, 0.3) is 0 Å². The molecule has 0 aromatic carbocycles. The van der Waals surface area contributed by atoms with E-state index >= 15 is 0 Å². The van der Waals surface area contributed by atoms with Crippen molar-refractivity contribution in [3.05, 3.63) is 17.3 Å². The summed E-state index contributed by atoms with van der Waals surface area (Å²) in [5.41, 5.74) is -0.288. The average molecular weight is 306 g/mol. The van der Waals surface area contributed by atoms with Crippen molar-refractivity contribution in [3.63, 3.8) is 0 Å². The maximum Gasteiger partial charge on any atom is 0.321 e. The van der Waals surface area contributed by atoms with E-state index in [9.17, 15) is 9.59 Å². The Kier molecular flexibility index (Phi) is 3.30. The van der Waals surface area contributed by atoms with Gasteiger partial charge in [-0.3, -0.25) is 9.59 Å². The predicted octanol–water partition coefficient (Wildman–Crippen LogP) is 1.81. The fourth-order valence-electron chi connectivity index (χ4n) is 2.82. The van der Waals surface area contributed by atoms with Crippen LogP contribution in [0.1, 0.15) is 51.0 Å². The Bertz CT molecular complexity index is 623. The Hall–Kier alpha value is -1.85. The number of carbonyl (C=O) groups is 2. The highest BCUT2D eigenvalue weighted by molar-refractivity contribution is 6.05. The molecule has 2 heterocycles. The molecular weight excluding hydrogens is 284 g/mol. The molecule has 6 heteroatoms. The first-order valence-corrected chi connectivity index (χ1v) is 7.65. The molecule has 0 atom stereocenters. The van der Waals surface area contributed by atoms with Crippen molar-refractivity contribution in [2.24, 2.45) is 5.41 Å². The summed E-state index contributed by atoms with van der Waals surface area (Å²) in [5, 5.41) is 0. The number of aromatic nitrogens is 1. The first-order valence-electron chi connectivity index (χ1n) is 7.65. The van der Waals surface area contributed by atoms with Crippen LogP contribution in [0.4, 0.5) is 0 Å². The monoisotopic (exact) mass is 306 g/mol. The third-order valence-corrected chi connectivity index (χ3v) is 4.39. The second-order valence-corrected chi connectivity index (χ2v) is 7.19. The number of carbonyl (C=O) groups excluding carboxylic acids is 2. The number of nitrogens with zero attached hydrogens (tertiary/aromatic N) is 2. The normalized spacial score (nSPS) is 19.5. The van der Waals surface area contributed by atoms with E-state index < -0.39 is 11.4 Å². The molecular formula is C16H22N2O4. The molecule has 22 heavy (non-hydrogen) atoms. The Labute approximate surface area is 129 Å². The predicted molar refractivity (Wildman–Crippen MR) is 78.0 cm³/mol. The van der Waals surface area contributed by atoms with Crippen LogP contribution in [0.2, 0.25) is 0 Å². The number of oxazole rings is 1. The van der Waals surface area contributed by atoms with E-state index in [1.54, 1.807) is 4.90 Å². The summed E-state index contributed by atoms with van der Waals surface area (Å²) >= 11 is 0. The molecule has 0 radical (unpaired) electrons. The highest BCUT2D eigenvalue weighted by Crippen LogP contribution is 2.48. The van der Waals surface area contributed by atoms with E-state index in [0.717, 1.165) is 11.5 Å². The number of esters is 1. The van der Waals surface area contributed by atoms with Gasteiger partial charge in [-0.25, -0.2) is 4.98 Å². The van der Waals surface area contributed by atoms with Crippen LogP contribution in [0, 0.1) is 5.41 Å². The van der Waals surface area contributed by atoms with Crippen molar-refractivity contribution in [2.75, 3.05) is 13.7 Å². The number of amides is 1. The second-order valence-electron chi connectivity index (χ2n) is 7.19. The van der Waals surface area contributed by atoms with Crippen LogP contribution in [0.5, 0.6) is 0 Å². The Balaban J connectivity index is 1.79. The smallest absolute Gasteiger partial charge is 0.321 e. The number of methoxy groups -OCH3 is 1. The fourth-order valence-corrected chi connectivity index (χ4v) is 2.82. The first kappa shape index (κ1) is 15.1. The minimum atomic E-state index is -0.942. The lowest BCUT2D eigenvalue weighted by atomic mass is 9.97. The van der Waals surface area contributed by atoms with Gasteiger partial charge in [0.25, 0.3) is 0 Å². The van der Waals surface area contributed by atoms with Crippen molar-refractivity contribution in [1.29, 1.82) is 0 Å². The summed E-state index contributed by atoms with van der Waals surface area (Å²) in [7, 11) is 1.33. The van der Waals surface area contributed by atoms with Gasteiger partial charge < -0.3 is 14.1 Å². The van der Waals surface area contributed by atoms with E-state index in [2.05, 4.69) is 4.98 Å². The molecule has 0 spiro atoms. The van der Waals surface area contributed by atoms with Crippen molar-refractivity contribution < 1.29 is 18.7 Å². The van der Waals surface area contributed by atoms with Gasteiger partial charge in [0, 0.05) is 18.4 Å². The molecule has 6 nitrogen and oxygen atoms in total. The summed E-state index contributed by atoms with van der Waals surface area (Å²) in [6, 6.07) is 0. The zero-order valence-electron chi connectivity index (χ0n) is 13.6. The van der Waals surface area contributed by atoms with Gasteiger partial charge in [-0.05, 0) is 12.8 Å². The minimum absolute atomic E-state index is 0.134. The summed E-state index contributed by atoms with van der Waals surface area (Å²) in [5.74, 6) is 1.00. The molecule has 3 rings (SSSR count). The maximum absolute atomic E-state index is 12.7. The molecule has 0 N–H and O–H groups in total. The molecule has 0 saturated heterocycles. The number of rotatable bonds is 2. The van der Waals surface area contributed by atoms with Crippen LogP contribution >= 0.6 is 0 Å². The molecule has 1 amide bonds. The van der Waals surface area contributed by atoms with Crippen molar-refractivity contribution in [3.8, 4) is 0 Å². The summed E-state index contributed by atoms with van der Waals surface area (Å²) in [6.07, 6.45) is 1.79. The van der Waals surface area contributed by atoms with Crippen LogP contribution in [-0.2, 0) is 32.7 Å². The third kappa shape index (κ3) is 2.30. The van der Waals surface area contributed by atoms with E-state index in [1.807, 2.05) is 20.8 Å². The molecule has 1 saturated carbocycles. The molecule has 0 bridgehead atoms. The van der Waals surface area contributed by atoms with Crippen molar-refractivity contribution in [1.82, 2.24) is 9.88 Å². The van der Waals surface area contributed by atoms with E-state index in [1.165, 1.54) is 7.11 Å². The largest absolute Gasteiger partial charge is 0.468 e. The van der Waals surface area contributed by atoms with Gasteiger partial charge >= 0.3 is 5.97 Å². The van der Waals surface area contributed by atoms with Crippen LogP contribution in [-0.4, -0.2) is 35.4 Å². The van der Waals surface area contributed by atoms with Gasteiger partial charge in [0.15, 0.2) is 5.89 Å². The standard InChI is InChI=1S/C16H22N2O4/c1-15(2,3)12-17-10-9-18(8-5-11(10)22-12)13(19)16(6-7-16)14(20)21-4/h5-9H2,1-4H3. The average Bonchev–Trinajstić information content (AvgIpc) is 3.16. The van der Waals surface area contributed by atoms with E-state index in [0.29, 0.717) is 38.2 Å².